The van der Waals surface area contributed by atoms with Crippen molar-refractivity contribution in [3.8, 4) is 79.0 Å². The van der Waals surface area contributed by atoms with Gasteiger partial charge in [0.05, 0.1) is 63.3 Å². The van der Waals surface area contributed by atoms with Crippen molar-refractivity contribution in [2.24, 2.45) is 5.92 Å². The monoisotopic (exact) mass is 2000 g/mol. The van der Waals surface area contributed by atoms with E-state index in [4.69, 9.17) is 66.0 Å². The molecule has 0 spiro atoms. The largest absolute Gasteiger partial charge is 0.496 e. The number of nitrogens with one attached hydrogen (secondary N) is 7. The van der Waals surface area contributed by atoms with Crippen molar-refractivity contribution in [1.29, 1.82) is 0 Å². The predicted molar refractivity (Wildman–Crippen MR) is 587 cm³/mol. The van der Waals surface area contributed by atoms with Gasteiger partial charge in [0, 0.05) is 165 Å². The van der Waals surface area contributed by atoms with Crippen LogP contribution in [-0.2, 0) is 14.4 Å². The summed E-state index contributed by atoms with van der Waals surface area (Å²) in [5.41, 5.74) is 19.9. The Morgan fingerprint density at radius 2 is 0.965 bits per heavy atom. The number of methoxy groups -OCH3 is 5. The number of hydrogen-bond acceptors (Lipinski definition) is 22. The number of carbonyl (C=O) groups is 6. The lowest BCUT2D eigenvalue weighted by atomic mass is 9.97. The molecule has 27 heteroatoms. The number of halogens is 2. The minimum absolute atomic E-state index is 0.0164. The molecule has 0 unspecified atom stereocenters. The highest BCUT2D eigenvalue weighted by Gasteiger charge is 2.43. The Morgan fingerprint density at radius 1 is 0.497 bits per heavy atom. The molecule has 8 heterocycles. The Morgan fingerprint density at radius 3 is 1.46 bits per heavy atom. The number of amides is 1. The Bertz CT molecular complexity index is 6480. The van der Waals surface area contributed by atoms with Crippen molar-refractivity contribution in [3.63, 3.8) is 0 Å². The van der Waals surface area contributed by atoms with Crippen LogP contribution >= 0.6 is 35.0 Å². The summed E-state index contributed by atoms with van der Waals surface area (Å²) in [4.78, 5) is 106. The molecule has 0 radical (unpaired) electrons. The fraction of sp³-hybridized carbons (Fsp3) is 0.422. The van der Waals surface area contributed by atoms with Crippen LogP contribution in [0.4, 0.5) is 5.69 Å². The molecule has 0 saturated carbocycles. The molecule has 2 fully saturated rings. The van der Waals surface area contributed by atoms with Crippen LogP contribution in [0.1, 0.15) is 242 Å². The third-order valence-corrected chi connectivity index (χ3v) is 28.4. The number of aromatic nitrogens is 4. The van der Waals surface area contributed by atoms with Gasteiger partial charge >= 0.3 is 5.63 Å². The first-order chi connectivity index (χ1) is 68.6. The van der Waals surface area contributed by atoms with Gasteiger partial charge in [-0.1, -0.05) is 129 Å². The van der Waals surface area contributed by atoms with E-state index in [1.165, 1.54) is 0 Å². The molecule has 7 N–H and O–H groups in total. The number of aromatic amines is 2. The third kappa shape index (κ3) is 29.5. The number of thioether (sulfide) groups is 1. The first kappa shape index (κ1) is 111. The van der Waals surface area contributed by atoms with Gasteiger partial charge in [0.1, 0.15) is 51.6 Å². The number of ketones is 5. The van der Waals surface area contributed by atoms with Gasteiger partial charge in [-0.3, -0.25) is 28.8 Å². The number of benzene rings is 6. The topological polar surface area (TPSA) is 309 Å². The summed E-state index contributed by atoms with van der Waals surface area (Å²) in [5, 5.41) is 18.0. The van der Waals surface area contributed by atoms with Crippen LogP contribution in [0.3, 0.4) is 0 Å². The summed E-state index contributed by atoms with van der Waals surface area (Å²) < 4.78 is 40.5. The SMILES string of the molecule is C=C(CC)C(=O)c1ccc(OCC(=O)CCCNC(C)C)c(Cl)c1Cl.CC(C)NCCCC(=O)CCCC[C@@H]1SC[C@@H]2CC(=O)N[C@@H]21.CCN(CC)c1ccc2cc(C(=O)CCCNC(C)C)c(=O)oc2c1.COc1cc(-c2c3nc(c(-c4cc(OC)c(C)c(OC)c4)c4ccc([nH]4)c(-c4cc(C)c(OC)c(OC)c4)c4nc(c(-c5ccc(C(=O)CCCNC(C)C)cc5)c5ccc2[nH]5)C=C4)C=C3)cc(C)c1C. The van der Waals surface area contributed by atoms with Gasteiger partial charge in [-0.25, -0.2) is 14.8 Å². The van der Waals surface area contributed by atoms with E-state index >= 15 is 0 Å². The summed E-state index contributed by atoms with van der Waals surface area (Å²) in [6.45, 7) is 39.6. The van der Waals surface area contributed by atoms with Gasteiger partial charge in [0.25, 0.3) is 0 Å². The minimum atomic E-state index is -0.550. The van der Waals surface area contributed by atoms with Crippen LogP contribution in [0.25, 0.3) is 102 Å². The van der Waals surface area contributed by atoms with Gasteiger partial charge in [0.15, 0.2) is 34.6 Å². The molecule has 24 nitrogen and oxygen atoms in total. The summed E-state index contributed by atoms with van der Waals surface area (Å²) in [5.74, 6) is 5.71. The number of unbranched alkanes of at least 4 members (excludes halogenated alkanes) is 1. The molecule has 1 amide bonds. The fourth-order valence-electron chi connectivity index (χ4n) is 18.0. The number of ether oxygens (including phenoxy) is 6. The zero-order valence-electron chi connectivity index (χ0n) is 86.9. The van der Waals surface area contributed by atoms with Crippen molar-refractivity contribution >= 4 is 133 Å². The lowest BCUT2D eigenvalue weighted by molar-refractivity contribution is -0.121. The summed E-state index contributed by atoms with van der Waals surface area (Å²) >= 11 is 14.4. The van der Waals surface area contributed by atoms with E-state index < -0.39 is 5.63 Å². The van der Waals surface area contributed by atoms with Crippen LogP contribution in [-0.4, -0.2) is 177 Å². The zero-order valence-corrected chi connectivity index (χ0v) is 89.2. The molecule has 10 aromatic rings. The second-order valence-electron chi connectivity index (χ2n) is 37.8. The molecule has 4 aliphatic heterocycles. The van der Waals surface area contributed by atoms with Gasteiger partial charge in [0.2, 0.25) is 5.91 Å². The van der Waals surface area contributed by atoms with Crippen molar-refractivity contribution in [1.82, 2.24) is 46.5 Å². The average molecular weight is 2010 g/mol. The lowest BCUT2D eigenvalue weighted by Crippen LogP contribution is -2.34. The molecule has 4 aliphatic rings. The number of hydrogen-bond donors (Lipinski definition) is 7. The highest BCUT2D eigenvalue weighted by molar-refractivity contribution is 8.00. The maximum absolute atomic E-state index is 13.5. The van der Waals surface area contributed by atoms with E-state index in [1.807, 2.05) is 93.2 Å². The maximum Gasteiger partial charge on any atom is 0.347 e. The van der Waals surface area contributed by atoms with E-state index in [0.717, 1.165) is 225 Å². The van der Waals surface area contributed by atoms with Crippen LogP contribution in [0.15, 0.2) is 143 Å². The van der Waals surface area contributed by atoms with Gasteiger partial charge in [-0.05, 0) is 278 Å². The number of Topliss-reactive ketones (excluding diaryl/α,β-unsaturated/α-hetero) is 5. The molecule has 8 bridgehead atoms. The predicted octanol–water partition coefficient (Wildman–Crippen LogP) is 24.5. The molecule has 6 aromatic carbocycles. The average Bonchev–Trinajstić information content (AvgIpc) is 1.60. The molecule has 0 aliphatic carbocycles. The lowest BCUT2D eigenvalue weighted by Gasteiger charge is -2.20. The minimum Gasteiger partial charge on any atom is -0.496 e. The van der Waals surface area contributed by atoms with Gasteiger partial charge < -0.3 is 74.3 Å². The molecule has 2 saturated heterocycles. The number of fused-ring (bicyclic) bond motifs is 10. The normalized spacial score (nSPS) is 13.9. The molecule has 4 aromatic heterocycles. The molecule has 3 atom stereocenters. The first-order valence-corrected chi connectivity index (χ1v) is 51.9. The number of rotatable bonds is 45. The molecule has 14 rings (SSSR count). The standard InChI is InChI=1S/C60H61N5O6.C20H28N2O3.C19H25Cl2NO3.C17H30N2O2S/c1-33(2)61-26-12-13-51(66)38-14-16-39(17-15-38)56-43-18-20-45(62-43)57(40-27-34(3)36(5)52(29-40)67-7)46-22-24-49(64-46)59(42-30-53(68-8)37(6)54(31-42)69-9)50-25-23-48(65-50)58(47-21-19-44(56)63-47)41-28-35(4)60(71-11)55(32-41)70-10;1-5-22(6-2)16-10-9-15-12-17(20(24)25-19(15)13-16)18(23)8-7-11-21-14(3)4;1-5-13(4)19(24)15-8-9-16(18(21)17(15)20)25-11-14(23)7-6-10-22-12(2)3;1-12(2)18-9-5-7-14(20)6-3-4-8-15-17-13(11-22-15)10-16(21)19-17/h14-25,27-33,61-62,65H,12-13,26H2,1-11H3;9-10,12-14,21H,5-8,11H2,1-4H3;8-9,12,22H,4-7,10-11H2,1-3H3;12-13,15,17-18H,3-11H2,1-2H3,(H,19,21)/t;;;13-,15-,17-/m...0/s1. The van der Waals surface area contributed by atoms with E-state index in [1.54, 1.807) is 53.7 Å². The summed E-state index contributed by atoms with van der Waals surface area (Å²) in [6, 6.07) is 41.3. The van der Waals surface area contributed by atoms with Crippen molar-refractivity contribution in [2.75, 3.05) is 92.1 Å². The van der Waals surface area contributed by atoms with E-state index in [2.05, 4.69) is 198 Å². The van der Waals surface area contributed by atoms with E-state index in [-0.39, 0.29) is 56.8 Å². The smallest absolute Gasteiger partial charge is 0.347 e. The van der Waals surface area contributed by atoms with Crippen molar-refractivity contribution in [3.05, 3.63) is 216 Å². The number of anilines is 1. The highest BCUT2D eigenvalue weighted by atomic mass is 35.5. The quantitative estimate of drug-likeness (QED) is 0.00807. The zero-order chi connectivity index (χ0) is 103. The molecular weight excluding hydrogens is 1860 g/mol. The Labute approximate surface area is 857 Å². The molecular formula is C116H144Cl2N10O14S. The Kier molecular flexibility index (Phi) is 41.8. The van der Waals surface area contributed by atoms with Gasteiger partial charge in [-0.15, -0.1) is 0 Å². The van der Waals surface area contributed by atoms with Crippen molar-refractivity contribution in [2.45, 2.75) is 229 Å². The fourth-order valence-corrected chi connectivity index (χ4v) is 20.2. The maximum atomic E-state index is 13.5. The van der Waals surface area contributed by atoms with Crippen LogP contribution in [0.2, 0.25) is 10.0 Å². The number of nitrogens with zero attached hydrogens (tertiary/aromatic N) is 3. The van der Waals surface area contributed by atoms with Gasteiger partial charge in [-0.2, -0.15) is 11.8 Å². The first-order valence-electron chi connectivity index (χ1n) is 50.1. The summed E-state index contributed by atoms with van der Waals surface area (Å²) in [6.07, 6.45) is 18.6. The van der Waals surface area contributed by atoms with Crippen molar-refractivity contribution < 1.29 is 61.6 Å². The molecule has 762 valence electrons. The van der Waals surface area contributed by atoms with E-state index in [0.29, 0.717) is 131 Å². The van der Waals surface area contributed by atoms with Crippen LogP contribution < -0.4 is 65.5 Å². The highest BCUT2D eigenvalue weighted by Crippen LogP contribution is 2.46. The van der Waals surface area contributed by atoms with Crippen LogP contribution in [0, 0.1) is 33.6 Å². The number of carbonyl (C=O) groups excluding carboxylic acids is 6. The third-order valence-electron chi connectivity index (χ3n) is 26.0. The number of aryl methyl sites for hydroxylation is 2. The Balaban J connectivity index is 0.000000219. The summed E-state index contributed by atoms with van der Waals surface area (Å²) in [7, 11) is 8.35. The second-order valence-corrected chi connectivity index (χ2v) is 39.9. The molecule has 143 heavy (non-hydrogen) atoms. The number of allylic oxidation sites excluding steroid dienone is 1. The van der Waals surface area contributed by atoms with Crippen LogP contribution in [0.5, 0.6) is 34.5 Å². The van der Waals surface area contributed by atoms with E-state index in [9.17, 15) is 33.6 Å². The Hall–Kier alpha value is -11.9. The second kappa shape index (κ2) is 53.6. The number of H-pyrrole nitrogens is 2.